The predicted molar refractivity (Wildman–Crippen MR) is 98.8 cm³/mol. The minimum atomic E-state index is -3.20. The zero-order chi connectivity index (χ0) is 21.1. The van der Waals surface area contributed by atoms with E-state index in [2.05, 4.69) is 0 Å². The first-order chi connectivity index (χ1) is 12.9. The summed E-state index contributed by atoms with van der Waals surface area (Å²) in [6.45, 7) is 5.53. The van der Waals surface area contributed by atoms with E-state index in [0.29, 0.717) is 24.2 Å². The molecule has 8 nitrogen and oxygen atoms in total. The van der Waals surface area contributed by atoms with E-state index >= 15 is 0 Å². The van der Waals surface area contributed by atoms with E-state index in [-0.39, 0.29) is 35.8 Å². The molecule has 0 saturated carbocycles. The number of carbonyl (C=O) groups is 1. The highest BCUT2D eigenvalue weighted by atomic mass is 16.6. The highest BCUT2D eigenvalue weighted by Gasteiger charge is 2.67. The first-order valence-corrected chi connectivity index (χ1v) is 9.54. The van der Waals surface area contributed by atoms with Gasteiger partial charge in [0.1, 0.15) is 11.5 Å². The molecule has 3 rings (SSSR count). The molecule has 0 spiro atoms. The van der Waals surface area contributed by atoms with Crippen LogP contribution in [0.3, 0.4) is 0 Å². The third-order valence-corrected chi connectivity index (χ3v) is 5.93. The highest BCUT2D eigenvalue weighted by molar-refractivity contribution is 5.83. The number of piperidine rings is 1. The number of carbonyl (C=O) groups excluding carboxylic acids is 1. The van der Waals surface area contributed by atoms with Gasteiger partial charge in [0.2, 0.25) is 0 Å². The Hall–Kier alpha value is -1.55. The summed E-state index contributed by atoms with van der Waals surface area (Å²) >= 11 is 0. The van der Waals surface area contributed by atoms with Gasteiger partial charge in [-0.25, -0.2) is 4.90 Å². The molecule has 2 unspecified atom stereocenters. The number of aryl methyl sites for hydroxylation is 1. The van der Waals surface area contributed by atoms with E-state index in [1.54, 1.807) is 0 Å². The summed E-state index contributed by atoms with van der Waals surface area (Å²) in [6.07, 6.45) is 0.635. The number of Topliss-reactive ketones (excluding diaryl/α,β-unsaturated/α-hetero) is 1. The van der Waals surface area contributed by atoms with Crippen LogP contribution in [0.2, 0.25) is 0 Å². The van der Waals surface area contributed by atoms with E-state index in [9.17, 15) is 30.3 Å². The number of fused-ring (bicyclic) bond motifs is 3. The molecule has 0 aromatic heterocycles. The Morgan fingerprint density at radius 2 is 1.82 bits per heavy atom. The maximum atomic E-state index is 12.7. The van der Waals surface area contributed by atoms with Crippen LogP contribution in [0.1, 0.15) is 50.3 Å². The Kier molecular flexibility index (Phi) is 5.11. The zero-order valence-corrected chi connectivity index (χ0v) is 16.6. The molecule has 28 heavy (non-hydrogen) atoms. The fourth-order valence-electron chi connectivity index (χ4n) is 4.44. The van der Waals surface area contributed by atoms with Gasteiger partial charge in [-0.1, -0.05) is 20.8 Å². The largest absolute Gasteiger partial charge is 0.496 e. The summed E-state index contributed by atoms with van der Waals surface area (Å²) in [7, 11) is 1.41. The van der Waals surface area contributed by atoms with Crippen LogP contribution in [0.15, 0.2) is 12.1 Å². The second-order valence-corrected chi connectivity index (χ2v) is 8.27. The van der Waals surface area contributed by atoms with Gasteiger partial charge in [0, 0.05) is 23.6 Å². The van der Waals surface area contributed by atoms with E-state index in [4.69, 9.17) is 4.74 Å². The van der Waals surface area contributed by atoms with Crippen molar-refractivity contribution in [3.8, 4) is 5.75 Å². The Morgan fingerprint density at radius 3 is 2.36 bits per heavy atom. The van der Waals surface area contributed by atoms with Crippen molar-refractivity contribution in [2.24, 2.45) is 11.8 Å². The number of ether oxygens (including phenoxy) is 1. The molecule has 1 saturated heterocycles. The maximum absolute atomic E-state index is 12.7. The van der Waals surface area contributed by atoms with Crippen molar-refractivity contribution >= 4 is 5.78 Å². The molecule has 0 amide bonds. The quantitative estimate of drug-likeness (QED) is 0.455. The van der Waals surface area contributed by atoms with Crippen LogP contribution in [-0.2, 0) is 22.7 Å². The topological polar surface area (TPSA) is 131 Å². The fourth-order valence-corrected chi connectivity index (χ4v) is 4.44. The predicted octanol–water partition coefficient (Wildman–Crippen LogP) is 0.129. The zero-order valence-electron chi connectivity index (χ0n) is 16.6. The van der Waals surface area contributed by atoms with Gasteiger partial charge in [-0.15, -0.1) is 0 Å². The Bertz CT molecular complexity index is 789. The standard InChI is InChI=1S/C20H29NO7/c1-5-12-7-14-15(8-17(12)28-4)19(24,25)20(26,27)21-10-13(6-11(2)3)16(22)9-18(14,21)23/h7-8,11,13,23-27H,5-6,9-10H2,1-4H3. The lowest BCUT2D eigenvalue weighted by atomic mass is 9.74. The van der Waals surface area contributed by atoms with Crippen LogP contribution in [0.4, 0.5) is 0 Å². The van der Waals surface area contributed by atoms with E-state index in [1.807, 2.05) is 20.8 Å². The molecule has 0 bridgehead atoms. The summed E-state index contributed by atoms with van der Waals surface area (Å²) in [5, 5.41) is 54.2. The van der Waals surface area contributed by atoms with Crippen LogP contribution in [-0.4, -0.2) is 55.8 Å². The number of rotatable bonds is 4. The molecule has 156 valence electrons. The van der Waals surface area contributed by atoms with Crippen LogP contribution in [0.5, 0.6) is 5.75 Å². The van der Waals surface area contributed by atoms with Crippen molar-refractivity contribution in [1.29, 1.82) is 0 Å². The lowest BCUT2D eigenvalue weighted by Gasteiger charge is -2.57. The normalized spacial score (nSPS) is 28.8. The molecule has 0 aliphatic carbocycles. The molecular weight excluding hydrogens is 366 g/mol. The van der Waals surface area contributed by atoms with Crippen LogP contribution >= 0.6 is 0 Å². The SMILES string of the molecule is CCc1cc2c(cc1OC)C(O)(O)C(O)(O)N1CC(CC(C)C)C(=O)CC21O. The minimum Gasteiger partial charge on any atom is -0.496 e. The molecule has 5 N–H and O–H groups in total. The minimum absolute atomic E-state index is 0.0604. The highest BCUT2D eigenvalue weighted by Crippen LogP contribution is 2.52. The van der Waals surface area contributed by atoms with Gasteiger partial charge < -0.3 is 30.3 Å². The average molecular weight is 395 g/mol. The molecule has 0 radical (unpaired) electrons. The third kappa shape index (κ3) is 2.87. The van der Waals surface area contributed by atoms with Gasteiger partial charge in [0.05, 0.1) is 13.5 Å². The summed E-state index contributed by atoms with van der Waals surface area (Å²) in [4.78, 5) is 13.6. The lowest BCUT2D eigenvalue weighted by molar-refractivity contribution is -0.463. The van der Waals surface area contributed by atoms with Gasteiger partial charge in [-0.05, 0) is 36.5 Å². The molecule has 2 atom stereocenters. The Labute approximate surface area is 164 Å². The molecule has 1 fully saturated rings. The molecule has 2 heterocycles. The fraction of sp³-hybridized carbons (Fsp3) is 0.650. The molecule has 2 aliphatic rings. The third-order valence-electron chi connectivity index (χ3n) is 5.93. The first-order valence-electron chi connectivity index (χ1n) is 9.54. The molecule has 8 heteroatoms. The molecule has 1 aromatic carbocycles. The number of benzene rings is 1. The second-order valence-electron chi connectivity index (χ2n) is 8.27. The summed E-state index contributed by atoms with van der Waals surface area (Å²) in [5.41, 5.74) is -1.63. The summed E-state index contributed by atoms with van der Waals surface area (Å²) in [6, 6.07) is 2.81. The number of ketones is 1. The van der Waals surface area contributed by atoms with Gasteiger partial charge in [-0.3, -0.25) is 4.79 Å². The summed E-state index contributed by atoms with van der Waals surface area (Å²) < 4.78 is 5.27. The number of methoxy groups -OCH3 is 1. The number of hydrogen-bond acceptors (Lipinski definition) is 8. The number of aliphatic hydroxyl groups is 5. The van der Waals surface area contributed by atoms with Crippen molar-refractivity contribution in [2.45, 2.75) is 57.5 Å². The van der Waals surface area contributed by atoms with Crippen molar-refractivity contribution in [3.05, 3.63) is 28.8 Å². The maximum Gasteiger partial charge on any atom is 0.289 e. The van der Waals surface area contributed by atoms with E-state index in [0.717, 1.165) is 4.90 Å². The molecule has 1 aromatic rings. The van der Waals surface area contributed by atoms with Gasteiger partial charge >= 0.3 is 0 Å². The van der Waals surface area contributed by atoms with Crippen molar-refractivity contribution in [2.75, 3.05) is 13.7 Å². The second kappa shape index (κ2) is 6.76. The van der Waals surface area contributed by atoms with E-state index < -0.39 is 23.3 Å². The van der Waals surface area contributed by atoms with Crippen LogP contribution in [0, 0.1) is 11.8 Å². The lowest BCUT2D eigenvalue weighted by Crippen LogP contribution is -2.75. The Balaban J connectivity index is 2.22. The van der Waals surface area contributed by atoms with Gasteiger partial charge in [0.15, 0.2) is 5.72 Å². The van der Waals surface area contributed by atoms with Gasteiger partial charge in [-0.2, -0.15) is 0 Å². The van der Waals surface area contributed by atoms with Gasteiger partial charge in [0.25, 0.3) is 11.7 Å². The molecule has 2 aliphatic heterocycles. The summed E-state index contributed by atoms with van der Waals surface area (Å²) in [5.74, 6) is -6.57. The number of hydrogen-bond donors (Lipinski definition) is 5. The van der Waals surface area contributed by atoms with Crippen LogP contribution in [0.25, 0.3) is 0 Å². The van der Waals surface area contributed by atoms with E-state index in [1.165, 1.54) is 19.2 Å². The number of nitrogens with zero attached hydrogens (tertiary/aromatic N) is 1. The molecular formula is C20H29NO7. The smallest absolute Gasteiger partial charge is 0.289 e. The Morgan fingerprint density at radius 1 is 1.18 bits per heavy atom. The average Bonchev–Trinajstić information content (AvgIpc) is 2.61. The van der Waals surface area contributed by atoms with Crippen molar-refractivity contribution in [1.82, 2.24) is 4.90 Å². The first kappa shape index (κ1) is 21.2. The van der Waals surface area contributed by atoms with Crippen molar-refractivity contribution < 1.29 is 35.1 Å². The monoisotopic (exact) mass is 395 g/mol. The van der Waals surface area contributed by atoms with Crippen LogP contribution < -0.4 is 4.74 Å². The van der Waals surface area contributed by atoms with Crippen molar-refractivity contribution in [3.63, 3.8) is 0 Å².